The van der Waals surface area contributed by atoms with E-state index in [9.17, 15) is 14.0 Å². The fraction of sp³-hybridized carbons (Fsp3) is 0.350. The minimum atomic E-state index is -0.463. The molecule has 0 saturated carbocycles. The van der Waals surface area contributed by atoms with E-state index in [0.717, 1.165) is 11.3 Å². The van der Waals surface area contributed by atoms with Crippen LogP contribution >= 0.6 is 0 Å². The fourth-order valence-corrected chi connectivity index (χ4v) is 3.83. The molecule has 27 heavy (non-hydrogen) atoms. The summed E-state index contributed by atoms with van der Waals surface area (Å²) >= 11 is 0. The molecule has 140 valence electrons. The Hall–Kier alpha value is -2.80. The third kappa shape index (κ3) is 3.55. The van der Waals surface area contributed by atoms with E-state index in [0.29, 0.717) is 30.6 Å². The van der Waals surface area contributed by atoms with Crippen molar-refractivity contribution in [3.8, 4) is 0 Å². The van der Waals surface area contributed by atoms with Crippen LogP contribution in [0.1, 0.15) is 35.7 Å². The first-order chi connectivity index (χ1) is 13.0. The zero-order chi connectivity index (χ0) is 19.0. The number of hydrogen-bond donors (Lipinski definition) is 2. The standard InChI is InChI=1S/C20H21FN4O2/c1-12-9-13(5-7-22-12)16-10-19(26)24-18(23-16)11-20(27)25-8-6-14-15(21)3-2-4-17(14)25/h2-5,7,9,16,18,23H,6,8,10-11H2,1H3,(H,24,26). The van der Waals surface area contributed by atoms with E-state index in [4.69, 9.17) is 0 Å². The second-order valence-electron chi connectivity index (χ2n) is 7.01. The lowest BCUT2D eigenvalue weighted by atomic mass is 10.0. The molecule has 1 fully saturated rings. The molecule has 1 aromatic carbocycles. The molecule has 0 radical (unpaired) electrons. The number of aromatic nitrogens is 1. The summed E-state index contributed by atoms with van der Waals surface area (Å²) in [6.45, 7) is 2.36. The lowest BCUT2D eigenvalue weighted by Gasteiger charge is -2.32. The van der Waals surface area contributed by atoms with E-state index in [2.05, 4.69) is 15.6 Å². The van der Waals surface area contributed by atoms with Crippen LogP contribution in [0.4, 0.5) is 10.1 Å². The number of hydrogen-bond acceptors (Lipinski definition) is 4. The molecule has 1 saturated heterocycles. The van der Waals surface area contributed by atoms with Gasteiger partial charge in [-0.05, 0) is 43.2 Å². The summed E-state index contributed by atoms with van der Waals surface area (Å²) in [7, 11) is 0. The second-order valence-corrected chi connectivity index (χ2v) is 7.01. The van der Waals surface area contributed by atoms with E-state index in [1.807, 2.05) is 19.1 Å². The minimum Gasteiger partial charge on any atom is -0.340 e. The molecular formula is C20H21FN4O2. The minimum absolute atomic E-state index is 0.0983. The predicted octanol–water partition coefficient (Wildman–Crippen LogP) is 1.99. The highest BCUT2D eigenvalue weighted by Gasteiger charge is 2.32. The molecule has 1 aromatic heterocycles. The average Bonchev–Trinajstić information content (AvgIpc) is 3.07. The van der Waals surface area contributed by atoms with Gasteiger partial charge in [0.1, 0.15) is 5.82 Å². The number of fused-ring (bicyclic) bond motifs is 1. The third-order valence-electron chi connectivity index (χ3n) is 5.10. The number of rotatable bonds is 3. The molecule has 0 bridgehead atoms. The highest BCUT2D eigenvalue weighted by molar-refractivity contribution is 5.96. The summed E-state index contributed by atoms with van der Waals surface area (Å²) in [5.74, 6) is -0.511. The van der Waals surface area contributed by atoms with Crippen LogP contribution in [-0.4, -0.2) is 29.5 Å². The van der Waals surface area contributed by atoms with E-state index >= 15 is 0 Å². The van der Waals surface area contributed by atoms with Gasteiger partial charge in [-0.15, -0.1) is 0 Å². The Morgan fingerprint density at radius 2 is 2.22 bits per heavy atom. The Bertz CT molecular complexity index is 901. The molecular weight excluding hydrogens is 347 g/mol. The summed E-state index contributed by atoms with van der Waals surface area (Å²) in [5, 5.41) is 6.17. The molecule has 2 amide bonds. The van der Waals surface area contributed by atoms with Crippen molar-refractivity contribution >= 4 is 17.5 Å². The van der Waals surface area contributed by atoms with Gasteiger partial charge in [0.25, 0.3) is 0 Å². The lowest BCUT2D eigenvalue weighted by Crippen LogP contribution is -2.54. The molecule has 7 heteroatoms. The van der Waals surface area contributed by atoms with E-state index in [1.54, 1.807) is 23.2 Å². The van der Waals surface area contributed by atoms with Crippen LogP contribution in [0.2, 0.25) is 0 Å². The van der Waals surface area contributed by atoms with Gasteiger partial charge in [0.15, 0.2) is 0 Å². The normalized spacial score (nSPS) is 21.7. The van der Waals surface area contributed by atoms with Gasteiger partial charge in [0, 0.05) is 42.1 Å². The topological polar surface area (TPSA) is 74.3 Å². The number of benzene rings is 1. The maximum Gasteiger partial charge on any atom is 0.230 e. The summed E-state index contributed by atoms with van der Waals surface area (Å²) in [4.78, 5) is 30.7. The van der Waals surface area contributed by atoms with Crippen molar-refractivity contribution < 1.29 is 14.0 Å². The van der Waals surface area contributed by atoms with Gasteiger partial charge in [0.05, 0.1) is 12.6 Å². The maximum atomic E-state index is 13.9. The predicted molar refractivity (Wildman–Crippen MR) is 98.5 cm³/mol. The summed E-state index contributed by atoms with van der Waals surface area (Å²) < 4.78 is 13.9. The summed E-state index contributed by atoms with van der Waals surface area (Å²) in [6.07, 6.45) is 2.19. The van der Waals surface area contributed by atoms with Crippen LogP contribution in [0.25, 0.3) is 0 Å². The first-order valence-electron chi connectivity index (χ1n) is 9.07. The Kier molecular flexibility index (Phi) is 4.61. The highest BCUT2D eigenvalue weighted by Crippen LogP contribution is 2.30. The molecule has 4 rings (SSSR count). The van der Waals surface area contributed by atoms with Crippen molar-refractivity contribution in [1.82, 2.24) is 15.6 Å². The van der Waals surface area contributed by atoms with Crippen molar-refractivity contribution in [3.63, 3.8) is 0 Å². The summed E-state index contributed by atoms with van der Waals surface area (Å²) in [5.41, 5.74) is 3.06. The molecule has 0 spiro atoms. The highest BCUT2D eigenvalue weighted by atomic mass is 19.1. The van der Waals surface area contributed by atoms with Crippen molar-refractivity contribution in [2.45, 2.75) is 38.4 Å². The number of aryl methyl sites for hydroxylation is 1. The van der Waals surface area contributed by atoms with Gasteiger partial charge < -0.3 is 10.2 Å². The van der Waals surface area contributed by atoms with Crippen LogP contribution in [0, 0.1) is 12.7 Å². The van der Waals surface area contributed by atoms with Crippen molar-refractivity contribution in [1.29, 1.82) is 0 Å². The Labute approximate surface area is 156 Å². The number of nitrogens with zero attached hydrogens (tertiary/aromatic N) is 2. The Balaban J connectivity index is 1.47. The van der Waals surface area contributed by atoms with E-state index in [-0.39, 0.29) is 30.1 Å². The van der Waals surface area contributed by atoms with E-state index in [1.165, 1.54) is 6.07 Å². The molecule has 6 nitrogen and oxygen atoms in total. The van der Waals surface area contributed by atoms with Crippen LogP contribution in [0.5, 0.6) is 0 Å². The molecule has 0 aliphatic carbocycles. The largest absolute Gasteiger partial charge is 0.340 e. The van der Waals surface area contributed by atoms with Crippen LogP contribution < -0.4 is 15.5 Å². The fourth-order valence-electron chi connectivity index (χ4n) is 3.83. The van der Waals surface area contributed by atoms with Crippen molar-refractivity contribution in [3.05, 3.63) is 59.2 Å². The Morgan fingerprint density at radius 3 is 3.04 bits per heavy atom. The van der Waals surface area contributed by atoms with Crippen LogP contribution in [0.3, 0.4) is 0 Å². The molecule has 2 atom stereocenters. The number of carbonyl (C=O) groups excluding carboxylic acids is 2. The van der Waals surface area contributed by atoms with Crippen molar-refractivity contribution in [2.24, 2.45) is 0 Å². The van der Waals surface area contributed by atoms with Gasteiger partial charge >= 0.3 is 0 Å². The van der Waals surface area contributed by atoms with E-state index < -0.39 is 6.17 Å². The smallest absolute Gasteiger partial charge is 0.230 e. The Morgan fingerprint density at radius 1 is 1.37 bits per heavy atom. The SMILES string of the molecule is Cc1cc(C2CC(=O)NC(CC(=O)N3CCc4c(F)cccc43)N2)ccn1. The van der Waals surface area contributed by atoms with Gasteiger partial charge in [0.2, 0.25) is 11.8 Å². The number of carbonyl (C=O) groups is 2. The lowest BCUT2D eigenvalue weighted by molar-refractivity contribution is -0.125. The van der Waals surface area contributed by atoms with Crippen LogP contribution in [0.15, 0.2) is 36.5 Å². The molecule has 2 unspecified atom stereocenters. The molecule has 2 aromatic rings. The van der Waals surface area contributed by atoms with Crippen molar-refractivity contribution in [2.75, 3.05) is 11.4 Å². The summed E-state index contributed by atoms with van der Waals surface area (Å²) in [6, 6.07) is 8.44. The zero-order valence-electron chi connectivity index (χ0n) is 15.0. The molecule has 2 N–H and O–H groups in total. The molecule has 2 aliphatic heterocycles. The number of amides is 2. The second kappa shape index (κ2) is 7.08. The third-order valence-corrected chi connectivity index (χ3v) is 5.10. The van der Waals surface area contributed by atoms with Gasteiger partial charge in [-0.3, -0.25) is 19.9 Å². The number of pyridine rings is 1. The number of halogens is 1. The van der Waals surface area contributed by atoms with Crippen LogP contribution in [-0.2, 0) is 16.0 Å². The first kappa shape index (κ1) is 17.6. The van der Waals surface area contributed by atoms with Gasteiger partial charge in [-0.2, -0.15) is 0 Å². The monoisotopic (exact) mass is 368 g/mol. The number of nitrogens with one attached hydrogen (secondary N) is 2. The first-order valence-corrected chi connectivity index (χ1v) is 9.07. The van der Waals surface area contributed by atoms with Gasteiger partial charge in [-0.1, -0.05) is 6.07 Å². The molecule has 2 aliphatic rings. The zero-order valence-corrected chi connectivity index (χ0v) is 15.0. The molecule has 3 heterocycles. The average molecular weight is 368 g/mol. The quantitative estimate of drug-likeness (QED) is 0.869. The number of anilines is 1. The maximum absolute atomic E-state index is 13.9. The van der Waals surface area contributed by atoms with Gasteiger partial charge in [-0.25, -0.2) is 4.39 Å².